The smallest absolute Gasteiger partial charge is 0.224 e. The van der Waals surface area contributed by atoms with Crippen molar-refractivity contribution in [1.29, 1.82) is 0 Å². The van der Waals surface area contributed by atoms with Crippen LogP contribution in [-0.2, 0) is 28.4 Å². The van der Waals surface area contributed by atoms with Crippen LogP contribution >= 0.6 is 0 Å². The zero-order chi connectivity index (χ0) is 54.1. The molecule has 4 aliphatic heterocycles. The molecule has 34 heteroatoms. The molecular weight excluding hydrogens is 976 g/mol. The van der Waals surface area contributed by atoms with Gasteiger partial charge in [0.25, 0.3) is 0 Å². The van der Waals surface area contributed by atoms with Gasteiger partial charge in [-0.1, -0.05) is 0 Å². The first-order valence-corrected chi connectivity index (χ1v) is 21.1. The quantitative estimate of drug-likeness (QED) is 0.0571. The van der Waals surface area contributed by atoms with E-state index >= 15 is 0 Å². The molecule has 27 atom stereocenters. The van der Waals surface area contributed by atoms with Crippen molar-refractivity contribution >= 4 is 0 Å². The molecule has 0 aromatic rings. The average molecular weight is 1050 g/mol. The summed E-state index contributed by atoms with van der Waals surface area (Å²) in [5, 5.41) is 258. The van der Waals surface area contributed by atoms with Gasteiger partial charge in [-0.05, 0) is 0 Å². The number of hydrogen-bond donors (Lipinski definition) is 28. The fourth-order valence-electron chi connectivity index (χ4n) is 6.54. The summed E-state index contributed by atoms with van der Waals surface area (Å²) in [6, 6.07) is 0. The molecule has 4 heterocycles. The molecule has 34 nitrogen and oxygen atoms in total. The molecule has 0 aromatic carbocycles. The van der Waals surface area contributed by atoms with E-state index in [2.05, 4.69) is 0 Å². The minimum absolute atomic E-state index is 0.667. The van der Waals surface area contributed by atoms with Crippen LogP contribution < -0.4 is 0 Å². The Bertz CT molecular complexity index is 1320. The second-order valence-electron chi connectivity index (χ2n) is 16.0. The summed E-state index contributed by atoms with van der Waals surface area (Å²) >= 11 is 0. The zero-order valence-electron chi connectivity index (χ0n) is 36.8. The van der Waals surface area contributed by atoms with E-state index in [0.29, 0.717) is 0 Å². The normalized spacial score (nSPS) is 41.1. The molecule has 0 amide bonds. The molecule has 4 aliphatic rings. The lowest BCUT2D eigenvalue weighted by Crippen LogP contribution is -2.64. The fraction of sp³-hybridized carbons (Fsp3) is 1.00. The van der Waals surface area contributed by atoms with Gasteiger partial charge in [0, 0.05) is 0 Å². The molecule has 0 saturated carbocycles. The van der Waals surface area contributed by atoms with E-state index < -0.39 is 225 Å². The van der Waals surface area contributed by atoms with Gasteiger partial charge in [-0.15, -0.1) is 0 Å². The highest BCUT2D eigenvalue weighted by Crippen LogP contribution is 2.36. The van der Waals surface area contributed by atoms with Gasteiger partial charge in [0.05, 0.1) is 52.9 Å². The van der Waals surface area contributed by atoms with Gasteiger partial charge in [0.15, 0.2) is 18.9 Å². The minimum atomic E-state index is -2.22. The van der Waals surface area contributed by atoms with Crippen molar-refractivity contribution in [3.8, 4) is 0 Å². The zero-order valence-corrected chi connectivity index (χ0v) is 36.8. The van der Waals surface area contributed by atoms with Crippen LogP contribution in [0, 0.1) is 0 Å². The molecule has 0 aliphatic carbocycles. The lowest BCUT2D eigenvalue weighted by Gasteiger charge is -2.45. The fourth-order valence-corrected chi connectivity index (χ4v) is 6.54. The van der Waals surface area contributed by atoms with Crippen LogP contribution in [0.25, 0.3) is 0 Å². The standard InChI is InChI=1S/2C12H22O11.2C6H14O6/c13-1-4-6(16)8(18)9(19)11(21-4)23-12(3-15)10(20)7(17)5(2-14)22-12;13-1-3-5(15)6(16)9(19)12(22-3)23-10-4(2-14)21-11(20)8(18)7(10)17;2*7-1-3(9)5(11)6(12)4(10)2-8/h4-11,13-20H,1-3H2;3-20H,1-2H2;2*3-12H,1-2H2/t4-,5-,6-,7-,8+,9-,10+,11-,12+;3-,4-,5+,6+,7-,8-,9-,10-,11-,12+;3-,4+,5-,6-;3-,4-,5-,6-/m1111/s1. The van der Waals surface area contributed by atoms with Crippen molar-refractivity contribution < 1.29 is 171 Å². The van der Waals surface area contributed by atoms with Gasteiger partial charge in [-0.3, -0.25) is 0 Å². The van der Waals surface area contributed by atoms with Gasteiger partial charge < -0.3 is 171 Å². The van der Waals surface area contributed by atoms with E-state index in [-0.39, 0.29) is 0 Å². The van der Waals surface area contributed by atoms with E-state index in [4.69, 9.17) is 105 Å². The highest BCUT2D eigenvalue weighted by atomic mass is 16.8. The summed E-state index contributed by atoms with van der Waals surface area (Å²) in [6.07, 6.45) is -41.0. The van der Waals surface area contributed by atoms with Crippen molar-refractivity contribution in [3.05, 3.63) is 0 Å². The summed E-state index contributed by atoms with van der Waals surface area (Å²) in [4.78, 5) is 0. The number of aliphatic hydroxyl groups excluding tert-OH is 28. The van der Waals surface area contributed by atoms with Crippen molar-refractivity contribution in [3.63, 3.8) is 0 Å². The molecule has 0 unspecified atom stereocenters. The third-order valence-electron chi connectivity index (χ3n) is 11.1. The van der Waals surface area contributed by atoms with E-state index in [0.717, 1.165) is 0 Å². The first kappa shape index (κ1) is 66.7. The number of hydrogen-bond acceptors (Lipinski definition) is 34. The molecule has 4 rings (SSSR count). The van der Waals surface area contributed by atoms with Gasteiger partial charge in [-0.2, -0.15) is 0 Å². The summed E-state index contributed by atoms with van der Waals surface area (Å²) in [6.45, 7) is -6.57. The summed E-state index contributed by atoms with van der Waals surface area (Å²) < 4.78 is 30.7. The van der Waals surface area contributed by atoms with E-state index in [9.17, 15) is 66.4 Å². The van der Waals surface area contributed by atoms with Crippen molar-refractivity contribution in [2.75, 3.05) is 59.5 Å². The second-order valence-corrected chi connectivity index (χ2v) is 16.0. The first-order chi connectivity index (χ1) is 32.7. The van der Waals surface area contributed by atoms with E-state index in [1.807, 2.05) is 0 Å². The molecule has 0 radical (unpaired) electrons. The molecule has 70 heavy (non-hydrogen) atoms. The monoisotopic (exact) mass is 1050 g/mol. The number of aliphatic hydroxyl groups is 28. The Balaban J connectivity index is 0.000000490. The molecule has 0 aromatic heterocycles. The lowest BCUT2D eigenvalue weighted by atomic mass is 9.97. The van der Waals surface area contributed by atoms with Crippen LogP contribution in [0.2, 0.25) is 0 Å². The maximum absolute atomic E-state index is 10.00. The number of rotatable bonds is 19. The van der Waals surface area contributed by atoms with Crippen molar-refractivity contribution in [2.24, 2.45) is 0 Å². The largest absolute Gasteiger partial charge is 0.394 e. The lowest BCUT2D eigenvalue weighted by molar-refractivity contribution is -0.383. The van der Waals surface area contributed by atoms with Crippen molar-refractivity contribution in [2.45, 2.75) is 165 Å². The Hall–Kier alpha value is -1.36. The Kier molecular flexibility index (Phi) is 30.0. The molecule has 0 spiro atoms. The highest BCUT2D eigenvalue weighted by molar-refractivity contribution is 4.99. The Morgan fingerprint density at radius 2 is 0.729 bits per heavy atom. The molecule has 28 N–H and O–H groups in total. The van der Waals surface area contributed by atoms with Crippen LogP contribution in [0.3, 0.4) is 0 Å². The molecular formula is C36H72O34. The molecule has 4 fully saturated rings. The predicted octanol–water partition coefficient (Wildman–Crippen LogP) is -18.0. The molecule has 4 saturated heterocycles. The van der Waals surface area contributed by atoms with Gasteiger partial charge in [-0.25, -0.2) is 0 Å². The Morgan fingerprint density at radius 3 is 1.06 bits per heavy atom. The van der Waals surface area contributed by atoms with Crippen LogP contribution in [0.1, 0.15) is 0 Å². The van der Waals surface area contributed by atoms with Gasteiger partial charge >= 0.3 is 0 Å². The third kappa shape index (κ3) is 17.1. The van der Waals surface area contributed by atoms with Gasteiger partial charge in [0.2, 0.25) is 5.79 Å². The van der Waals surface area contributed by atoms with Crippen LogP contribution in [0.15, 0.2) is 0 Å². The van der Waals surface area contributed by atoms with Crippen LogP contribution in [0.5, 0.6) is 0 Å². The highest BCUT2D eigenvalue weighted by Gasteiger charge is 2.58. The minimum Gasteiger partial charge on any atom is -0.394 e. The average Bonchev–Trinajstić information content (AvgIpc) is 3.61. The molecule has 420 valence electrons. The van der Waals surface area contributed by atoms with E-state index in [1.54, 1.807) is 0 Å². The van der Waals surface area contributed by atoms with E-state index in [1.165, 1.54) is 0 Å². The first-order valence-electron chi connectivity index (χ1n) is 21.1. The summed E-state index contributed by atoms with van der Waals surface area (Å²) in [5.41, 5.74) is 0. The van der Waals surface area contributed by atoms with Crippen LogP contribution in [0.4, 0.5) is 0 Å². The van der Waals surface area contributed by atoms with Crippen LogP contribution in [-0.4, -0.2) is 367 Å². The maximum atomic E-state index is 10.00. The summed E-state index contributed by atoms with van der Waals surface area (Å²) in [7, 11) is 0. The predicted molar refractivity (Wildman–Crippen MR) is 214 cm³/mol. The number of ether oxygens (including phenoxy) is 6. The molecule has 0 bridgehead atoms. The van der Waals surface area contributed by atoms with Gasteiger partial charge in [0.1, 0.15) is 147 Å². The Morgan fingerprint density at radius 1 is 0.371 bits per heavy atom. The third-order valence-corrected chi connectivity index (χ3v) is 11.1. The topological polar surface area (TPSA) is 622 Å². The maximum Gasteiger partial charge on any atom is 0.224 e. The summed E-state index contributed by atoms with van der Waals surface area (Å²) in [5.74, 6) is -2.22. The second kappa shape index (κ2) is 31.5. The SMILES string of the molecule is OC[C@@H](O)[C@@H](O)[C@H](O)[C@@H](O)CO.OC[C@@H](O)[C@@H](O)[C@H](O)[C@H](O)CO.OC[C@H]1O[C@@H](O[C@H]2[C@H](O)[C@@H](O)[C@H](O)O[C@@H]2CO)[C@H](O)[C@@H](O)[C@H]1O.OC[C@H]1O[C@@](CO)(O[C@H]2O[C@H](CO)[C@@H](O)[C@H](O)[C@H]2O)[C@@H](O)[C@@H]1O. The Labute approximate surface area is 395 Å². The van der Waals surface area contributed by atoms with Crippen molar-refractivity contribution in [1.82, 2.24) is 0 Å².